The Bertz CT molecular complexity index is 804. The number of nitrogens with zero attached hydrogens (tertiary/aromatic N) is 1. The van der Waals surface area contributed by atoms with Gasteiger partial charge in [-0.3, -0.25) is 14.5 Å². The van der Waals surface area contributed by atoms with E-state index in [1.807, 2.05) is 48.2 Å². The largest absolute Gasteiger partial charge is 0.494 e. The van der Waals surface area contributed by atoms with E-state index in [1.54, 1.807) is 12.1 Å². The third-order valence-corrected chi connectivity index (χ3v) is 4.61. The summed E-state index contributed by atoms with van der Waals surface area (Å²) in [4.78, 5) is 26.6. The molecule has 0 radical (unpaired) electrons. The predicted octanol–water partition coefficient (Wildman–Crippen LogP) is 2.62. The number of nitrogens with one attached hydrogen (secondary N) is 1. The molecule has 6 nitrogen and oxygen atoms in total. The maximum Gasteiger partial charge on any atom is 0.323 e. The van der Waals surface area contributed by atoms with Gasteiger partial charge in [-0.1, -0.05) is 24.3 Å². The molecule has 1 aliphatic heterocycles. The molecule has 1 amide bonds. The Balaban J connectivity index is 1.68. The Morgan fingerprint density at radius 1 is 1.11 bits per heavy atom. The maximum absolute atomic E-state index is 12.5. The molecule has 0 bridgehead atoms. The Morgan fingerprint density at radius 3 is 2.48 bits per heavy atom. The summed E-state index contributed by atoms with van der Waals surface area (Å²) in [6.45, 7) is 3.16. The van der Waals surface area contributed by atoms with Crippen molar-refractivity contribution in [1.82, 2.24) is 4.90 Å². The van der Waals surface area contributed by atoms with Crippen molar-refractivity contribution in [3.63, 3.8) is 0 Å². The molecule has 1 heterocycles. The van der Waals surface area contributed by atoms with Gasteiger partial charge in [0.25, 0.3) is 0 Å². The molecule has 2 aromatic carbocycles. The number of fused-ring (bicyclic) bond motifs is 1. The molecule has 2 aromatic rings. The number of anilines is 1. The van der Waals surface area contributed by atoms with Crippen LogP contribution in [-0.4, -0.2) is 43.1 Å². The van der Waals surface area contributed by atoms with Gasteiger partial charge in [0.2, 0.25) is 5.91 Å². The number of carbonyl (C=O) groups excluding carboxylic acids is 2. The molecule has 0 spiro atoms. The van der Waals surface area contributed by atoms with E-state index in [0.717, 1.165) is 16.9 Å². The lowest BCUT2D eigenvalue weighted by Crippen LogP contribution is -2.49. The lowest BCUT2D eigenvalue weighted by molar-refractivity contribution is -0.148. The van der Waals surface area contributed by atoms with E-state index < -0.39 is 6.04 Å². The van der Waals surface area contributed by atoms with Crippen molar-refractivity contribution < 1.29 is 19.1 Å². The molecule has 1 aliphatic rings. The lowest BCUT2D eigenvalue weighted by Gasteiger charge is -2.34. The summed E-state index contributed by atoms with van der Waals surface area (Å²) >= 11 is 0. The number of benzene rings is 2. The second-order valence-electron chi connectivity index (χ2n) is 6.42. The zero-order valence-corrected chi connectivity index (χ0v) is 15.6. The van der Waals surface area contributed by atoms with Crippen molar-refractivity contribution in [2.75, 3.05) is 25.6 Å². The molecular formula is C21H24N2O4. The molecule has 27 heavy (non-hydrogen) atoms. The van der Waals surface area contributed by atoms with Crippen molar-refractivity contribution in [2.45, 2.75) is 25.9 Å². The fourth-order valence-electron chi connectivity index (χ4n) is 3.30. The Hall–Kier alpha value is -2.86. The van der Waals surface area contributed by atoms with E-state index >= 15 is 0 Å². The highest BCUT2D eigenvalue weighted by atomic mass is 16.5. The monoisotopic (exact) mass is 368 g/mol. The van der Waals surface area contributed by atoms with Gasteiger partial charge in [0.15, 0.2) is 0 Å². The van der Waals surface area contributed by atoms with Crippen molar-refractivity contribution in [2.24, 2.45) is 0 Å². The zero-order valence-electron chi connectivity index (χ0n) is 15.6. The van der Waals surface area contributed by atoms with Gasteiger partial charge in [-0.05, 0) is 48.7 Å². The molecule has 0 aliphatic carbocycles. The SMILES string of the molecule is CCOc1ccc(NC(=O)CN2Cc3ccccc3C[C@H]2C(=O)OC)cc1. The van der Waals surface area contributed by atoms with Crippen LogP contribution in [0.15, 0.2) is 48.5 Å². The Labute approximate surface area is 159 Å². The first-order valence-corrected chi connectivity index (χ1v) is 9.02. The summed E-state index contributed by atoms with van der Waals surface area (Å²) in [5.74, 6) is 0.264. The Kier molecular flexibility index (Phi) is 6.08. The van der Waals surface area contributed by atoms with Crippen molar-refractivity contribution in [3.05, 3.63) is 59.7 Å². The average molecular weight is 368 g/mol. The van der Waals surface area contributed by atoms with Gasteiger partial charge in [0, 0.05) is 12.2 Å². The molecule has 6 heteroatoms. The average Bonchev–Trinajstić information content (AvgIpc) is 2.68. The fraction of sp³-hybridized carbons (Fsp3) is 0.333. The van der Waals surface area contributed by atoms with Crippen LogP contribution in [0.5, 0.6) is 5.75 Å². The van der Waals surface area contributed by atoms with E-state index in [4.69, 9.17) is 9.47 Å². The van der Waals surface area contributed by atoms with Crippen LogP contribution in [0.1, 0.15) is 18.1 Å². The van der Waals surface area contributed by atoms with Gasteiger partial charge in [-0.25, -0.2) is 0 Å². The van der Waals surface area contributed by atoms with Crippen LogP contribution in [0, 0.1) is 0 Å². The number of hydrogen-bond acceptors (Lipinski definition) is 5. The molecule has 0 unspecified atom stereocenters. The molecule has 1 N–H and O–H groups in total. The van der Waals surface area contributed by atoms with Crippen molar-refractivity contribution in [1.29, 1.82) is 0 Å². The smallest absolute Gasteiger partial charge is 0.323 e. The summed E-state index contributed by atoms with van der Waals surface area (Å²) in [6.07, 6.45) is 0.541. The molecule has 0 aromatic heterocycles. The minimum atomic E-state index is -0.462. The minimum absolute atomic E-state index is 0.112. The van der Waals surface area contributed by atoms with Crippen molar-refractivity contribution in [3.8, 4) is 5.75 Å². The normalized spacial score (nSPS) is 16.3. The highest BCUT2D eigenvalue weighted by molar-refractivity contribution is 5.92. The Morgan fingerprint density at radius 2 is 1.81 bits per heavy atom. The third-order valence-electron chi connectivity index (χ3n) is 4.61. The number of methoxy groups -OCH3 is 1. The van der Waals surface area contributed by atoms with Crippen LogP contribution < -0.4 is 10.1 Å². The molecule has 142 valence electrons. The number of hydrogen-bond donors (Lipinski definition) is 1. The van der Waals surface area contributed by atoms with Gasteiger partial charge in [0.05, 0.1) is 20.3 Å². The molecular weight excluding hydrogens is 344 g/mol. The summed E-state index contributed by atoms with van der Waals surface area (Å²) < 4.78 is 10.3. The van der Waals surface area contributed by atoms with Gasteiger partial charge in [-0.2, -0.15) is 0 Å². The third kappa shape index (κ3) is 4.65. The van der Waals surface area contributed by atoms with E-state index in [2.05, 4.69) is 5.32 Å². The highest BCUT2D eigenvalue weighted by Gasteiger charge is 2.33. The number of rotatable bonds is 6. The summed E-state index contributed by atoms with van der Waals surface area (Å²) in [6, 6.07) is 14.7. The van der Waals surface area contributed by atoms with Gasteiger partial charge >= 0.3 is 5.97 Å². The van der Waals surface area contributed by atoms with Crippen LogP contribution in [0.2, 0.25) is 0 Å². The first-order chi connectivity index (χ1) is 13.1. The van der Waals surface area contributed by atoms with E-state index in [0.29, 0.717) is 25.3 Å². The molecule has 3 rings (SSSR count). The van der Waals surface area contributed by atoms with E-state index in [-0.39, 0.29) is 18.4 Å². The number of esters is 1. The second kappa shape index (κ2) is 8.68. The predicted molar refractivity (Wildman–Crippen MR) is 103 cm³/mol. The molecule has 0 fully saturated rings. The number of amides is 1. The standard InChI is InChI=1S/C21H24N2O4/c1-3-27-18-10-8-17(9-11-18)22-20(24)14-23-13-16-7-5-4-6-15(16)12-19(23)21(25)26-2/h4-11,19H,3,12-14H2,1-2H3,(H,22,24)/t19-/m0/s1. The van der Waals surface area contributed by atoms with Crippen LogP contribution in [0.3, 0.4) is 0 Å². The topological polar surface area (TPSA) is 67.9 Å². The first kappa shape index (κ1) is 18.9. The van der Waals surface area contributed by atoms with Crippen LogP contribution in [0.25, 0.3) is 0 Å². The summed E-state index contributed by atoms with van der Waals surface area (Å²) in [5.41, 5.74) is 2.94. The summed E-state index contributed by atoms with van der Waals surface area (Å²) in [5, 5.41) is 2.87. The molecule has 0 saturated carbocycles. The lowest BCUT2D eigenvalue weighted by atomic mass is 9.94. The van der Waals surface area contributed by atoms with E-state index in [9.17, 15) is 9.59 Å². The fourth-order valence-corrected chi connectivity index (χ4v) is 3.30. The quantitative estimate of drug-likeness (QED) is 0.794. The van der Waals surface area contributed by atoms with Crippen LogP contribution >= 0.6 is 0 Å². The first-order valence-electron chi connectivity index (χ1n) is 9.02. The number of ether oxygens (including phenoxy) is 2. The minimum Gasteiger partial charge on any atom is -0.494 e. The number of carbonyl (C=O) groups is 2. The zero-order chi connectivity index (χ0) is 19.2. The summed E-state index contributed by atoms with van der Waals surface area (Å²) in [7, 11) is 1.38. The van der Waals surface area contributed by atoms with Gasteiger partial charge in [0.1, 0.15) is 11.8 Å². The molecule has 0 saturated heterocycles. The maximum atomic E-state index is 12.5. The van der Waals surface area contributed by atoms with E-state index in [1.165, 1.54) is 7.11 Å². The van der Waals surface area contributed by atoms with Gasteiger partial charge < -0.3 is 14.8 Å². The van der Waals surface area contributed by atoms with Gasteiger partial charge in [-0.15, -0.1) is 0 Å². The van der Waals surface area contributed by atoms with Crippen LogP contribution in [0.4, 0.5) is 5.69 Å². The highest BCUT2D eigenvalue weighted by Crippen LogP contribution is 2.24. The second-order valence-corrected chi connectivity index (χ2v) is 6.42. The van der Waals surface area contributed by atoms with Crippen molar-refractivity contribution >= 4 is 17.6 Å². The van der Waals surface area contributed by atoms with Crippen LogP contribution in [-0.2, 0) is 27.3 Å². The molecule has 1 atom stereocenters.